The van der Waals surface area contributed by atoms with Gasteiger partial charge in [-0.25, -0.2) is 9.97 Å². The van der Waals surface area contributed by atoms with Crippen LogP contribution >= 0.6 is 0 Å². The first-order valence-electron chi connectivity index (χ1n) is 10.8. The Hall–Kier alpha value is -4.39. The van der Waals surface area contributed by atoms with E-state index in [0.29, 0.717) is 40.9 Å². The topological polar surface area (TPSA) is 90.6 Å². The second-order valence-corrected chi connectivity index (χ2v) is 7.81. The third kappa shape index (κ3) is 4.83. The summed E-state index contributed by atoms with van der Waals surface area (Å²) in [5.74, 6) is 1.49. The van der Waals surface area contributed by atoms with Crippen molar-refractivity contribution in [3.63, 3.8) is 0 Å². The normalized spacial score (nSPS) is 10.6. The van der Waals surface area contributed by atoms with E-state index >= 15 is 0 Å². The molecule has 0 aliphatic heterocycles. The van der Waals surface area contributed by atoms with Crippen LogP contribution in [0, 0.1) is 6.92 Å². The van der Waals surface area contributed by atoms with Gasteiger partial charge in [-0.15, -0.1) is 0 Å². The van der Waals surface area contributed by atoms with Gasteiger partial charge < -0.3 is 20.1 Å². The minimum Gasteiger partial charge on any atom is -0.495 e. The van der Waals surface area contributed by atoms with Crippen molar-refractivity contribution in [2.75, 3.05) is 24.8 Å². The van der Waals surface area contributed by atoms with E-state index in [1.807, 2.05) is 49.4 Å². The molecule has 0 aliphatic carbocycles. The van der Waals surface area contributed by atoms with Crippen LogP contribution in [0.4, 0.5) is 11.4 Å². The van der Waals surface area contributed by atoms with Gasteiger partial charge in [-0.05, 0) is 48.4 Å². The summed E-state index contributed by atoms with van der Waals surface area (Å²) in [4.78, 5) is 23.3. The second kappa shape index (κ2) is 10.0. The zero-order valence-corrected chi connectivity index (χ0v) is 19.4. The summed E-state index contributed by atoms with van der Waals surface area (Å²) in [5.41, 5.74) is 10.4. The first-order chi connectivity index (χ1) is 16.5. The molecule has 0 saturated carbocycles. The van der Waals surface area contributed by atoms with Crippen molar-refractivity contribution in [2.45, 2.75) is 13.5 Å². The molecule has 1 aromatic heterocycles. The summed E-state index contributed by atoms with van der Waals surface area (Å²) in [5, 5.41) is 0. The smallest absolute Gasteiger partial charge is 0.260 e. The lowest BCUT2D eigenvalue weighted by atomic mass is 10.1. The fraction of sp³-hybridized carbons (Fsp3) is 0.148. The number of para-hydroxylation sites is 1. The zero-order valence-electron chi connectivity index (χ0n) is 19.4. The molecule has 7 nitrogen and oxygen atoms in total. The van der Waals surface area contributed by atoms with E-state index in [1.165, 1.54) is 12.0 Å². The van der Waals surface area contributed by atoms with Crippen LogP contribution < -0.4 is 20.1 Å². The summed E-state index contributed by atoms with van der Waals surface area (Å²) < 4.78 is 11.4. The number of nitrogen functional groups attached to an aromatic ring is 1. The molecule has 0 aliphatic rings. The van der Waals surface area contributed by atoms with E-state index < -0.39 is 0 Å². The van der Waals surface area contributed by atoms with Gasteiger partial charge >= 0.3 is 0 Å². The predicted octanol–water partition coefficient (Wildman–Crippen LogP) is 4.90. The van der Waals surface area contributed by atoms with Crippen LogP contribution in [0.3, 0.4) is 0 Å². The average molecular weight is 455 g/mol. The molecule has 0 bridgehead atoms. The van der Waals surface area contributed by atoms with Crippen LogP contribution in [0.2, 0.25) is 0 Å². The first kappa shape index (κ1) is 22.8. The molecule has 0 atom stereocenters. The Morgan fingerprint density at radius 2 is 1.71 bits per heavy atom. The number of carbonyl (C=O) groups is 1. The molecule has 1 heterocycles. The maximum absolute atomic E-state index is 13.2. The molecule has 1 amide bonds. The van der Waals surface area contributed by atoms with Gasteiger partial charge in [-0.2, -0.15) is 0 Å². The molecular formula is C27H26N4O3. The number of nitrogens with zero attached hydrogens (tertiary/aromatic N) is 3. The van der Waals surface area contributed by atoms with E-state index in [1.54, 1.807) is 43.7 Å². The SMILES string of the molecule is COc1cccc(C(=O)N(C)c2ccc(C)cc2OCc2ccc(-c3ncccn3)cc2)c1N. The number of nitrogens with two attached hydrogens (primary N) is 1. The number of amides is 1. The Bertz CT molecular complexity index is 1290. The molecule has 172 valence electrons. The molecule has 0 spiro atoms. The van der Waals surface area contributed by atoms with E-state index in [0.717, 1.165) is 16.7 Å². The van der Waals surface area contributed by atoms with Crippen molar-refractivity contribution < 1.29 is 14.3 Å². The van der Waals surface area contributed by atoms with Crippen LogP contribution in [0.1, 0.15) is 21.5 Å². The second-order valence-electron chi connectivity index (χ2n) is 7.81. The lowest BCUT2D eigenvalue weighted by Gasteiger charge is -2.22. The van der Waals surface area contributed by atoms with Gasteiger partial charge in [0.05, 0.1) is 24.0 Å². The first-order valence-corrected chi connectivity index (χ1v) is 10.8. The average Bonchev–Trinajstić information content (AvgIpc) is 2.88. The highest BCUT2D eigenvalue weighted by Crippen LogP contribution is 2.33. The molecule has 7 heteroatoms. The standard InChI is InChI=1S/C27H26N4O3/c1-18-8-13-22(31(2)27(32)21-6-4-7-23(33-3)25(21)28)24(16-18)34-17-19-9-11-20(12-10-19)26-29-14-5-15-30-26/h4-16H,17,28H2,1-3H3. The van der Waals surface area contributed by atoms with Crippen molar-refractivity contribution in [2.24, 2.45) is 0 Å². The molecular weight excluding hydrogens is 428 g/mol. The summed E-state index contributed by atoms with van der Waals surface area (Å²) in [7, 11) is 3.22. The van der Waals surface area contributed by atoms with Gasteiger partial charge in [0.2, 0.25) is 0 Å². The van der Waals surface area contributed by atoms with Crippen molar-refractivity contribution in [1.82, 2.24) is 9.97 Å². The molecule has 0 unspecified atom stereocenters. The third-order valence-corrected chi connectivity index (χ3v) is 5.47. The number of aromatic nitrogens is 2. The maximum Gasteiger partial charge on any atom is 0.260 e. The Kier molecular flexibility index (Phi) is 6.73. The number of ether oxygens (including phenoxy) is 2. The number of aryl methyl sites for hydroxylation is 1. The molecule has 0 radical (unpaired) electrons. The minimum atomic E-state index is -0.252. The Labute approximate surface area is 198 Å². The van der Waals surface area contributed by atoms with Crippen LogP contribution in [0.5, 0.6) is 11.5 Å². The van der Waals surface area contributed by atoms with Crippen LogP contribution in [-0.2, 0) is 6.61 Å². The largest absolute Gasteiger partial charge is 0.495 e. The van der Waals surface area contributed by atoms with Crippen molar-refractivity contribution >= 4 is 17.3 Å². The van der Waals surface area contributed by atoms with Crippen molar-refractivity contribution in [1.29, 1.82) is 0 Å². The van der Waals surface area contributed by atoms with Crippen LogP contribution in [0.15, 0.2) is 79.1 Å². The molecule has 34 heavy (non-hydrogen) atoms. The quantitative estimate of drug-likeness (QED) is 0.400. The number of rotatable bonds is 7. The molecule has 3 aromatic carbocycles. The lowest BCUT2D eigenvalue weighted by Crippen LogP contribution is -2.27. The number of anilines is 2. The highest BCUT2D eigenvalue weighted by atomic mass is 16.5. The van der Waals surface area contributed by atoms with E-state index in [9.17, 15) is 4.79 Å². The Morgan fingerprint density at radius 1 is 0.971 bits per heavy atom. The third-order valence-electron chi connectivity index (χ3n) is 5.47. The number of hydrogen-bond acceptors (Lipinski definition) is 6. The Balaban J connectivity index is 1.54. The van der Waals surface area contributed by atoms with E-state index in [-0.39, 0.29) is 5.91 Å². The monoisotopic (exact) mass is 454 g/mol. The van der Waals surface area contributed by atoms with E-state index in [4.69, 9.17) is 15.2 Å². The molecule has 4 aromatic rings. The number of carbonyl (C=O) groups excluding carboxylic acids is 1. The molecule has 2 N–H and O–H groups in total. The summed E-state index contributed by atoms with van der Waals surface area (Å²) in [6.45, 7) is 2.32. The Morgan fingerprint density at radius 3 is 2.41 bits per heavy atom. The summed E-state index contributed by atoms with van der Waals surface area (Å²) in [6, 6.07) is 20.6. The fourth-order valence-electron chi connectivity index (χ4n) is 3.57. The van der Waals surface area contributed by atoms with E-state index in [2.05, 4.69) is 9.97 Å². The molecule has 0 fully saturated rings. The van der Waals surface area contributed by atoms with Gasteiger partial charge in [0.15, 0.2) is 5.82 Å². The van der Waals surface area contributed by atoms with Crippen molar-refractivity contribution in [3.05, 3.63) is 95.8 Å². The van der Waals surface area contributed by atoms with Gasteiger partial charge in [0, 0.05) is 25.0 Å². The van der Waals surface area contributed by atoms with Gasteiger partial charge in [0.1, 0.15) is 18.1 Å². The minimum absolute atomic E-state index is 0.252. The molecule has 4 rings (SSSR count). The number of hydrogen-bond donors (Lipinski definition) is 1. The molecule has 0 saturated heterocycles. The van der Waals surface area contributed by atoms with Crippen LogP contribution in [-0.4, -0.2) is 30.0 Å². The summed E-state index contributed by atoms with van der Waals surface area (Å²) in [6.07, 6.45) is 3.44. The highest BCUT2D eigenvalue weighted by molar-refractivity contribution is 6.10. The van der Waals surface area contributed by atoms with Gasteiger partial charge in [0.25, 0.3) is 5.91 Å². The number of methoxy groups -OCH3 is 1. The maximum atomic E-state index is 13.2. The summed E-state index contributed by atoms with van der Waals surface area (Å²) >= 11 is 0. The van der Waals surface area contributed by atoms with Crippen LogP contribution in [0.25, 0.3) is 11.4 Å². The number of benzene rings is 3. The predicted molar refractivity (Wildman–Crippen MR) is 133 cm³/mol. The van der Waals surface area contributed by atoms with Gasteiger partial charge in [-0.1, -0.05) is 36.4 Å². The van der Waals surface area contributed by atoms with Crippen molar-refractivity contribution in [3.8, 4) is 22.9 Å². The highest BCUT2D eigenvalue weighted by Gasteiger charge is 2.21. The lowest BCUT2D eigenvalue weighted by molar-refractivity contribution is 0.0992. The van der Waals surface area contributed by atoms with Gasteiger partial charge in [-0.3, -0.25) is 4.79 Å². The fourth-order valence-corrected chi connectivity index (χ4v) is 3.57. The zero-order chi connectivity index (χ0) is 24.1.